The lowest BCUT2D eigenvalue weighted by Crippen LogP contribution is -2.52. The Kier molecular flexibility index (Phi) is 5.59. The maximum atomic E-state index is 13.1. The average Bonchev–Trinajstić information content (AvgIpc) is 2.72. The molecule has 0 aromatic heterocycles. The van der Waals surface area contributed by atoms with Gasteiger partial charge >= 0.3 is 0 Å². The number of carbonyl (C=O) groups excluding carboxylic acids is 2. The molecule has 1 atom stereocenters. The molecular weight excluding hydrogens is 350 g/mol. The van der Waals surface area contributed by atoms with Crippen LogP contribution in [0.1, 0.15) is 67.1 Å². The smallest absolute Gasteiger partial charge is 0.260 e. The van der Waals surface area contributed by atoms with E-state index in [4.69, 9.17) is 4.74 Å². The Balaban J connectivity index is 1.82. The largest absolute Gasteiger partial charge is 0.497 e. The molecule has 0 radical (unpaired) electrons. The third-order valence-electron chi connectivity index (χ3n) is 5.94. The van der Waals surface area contributed by atoms with Gasteiger partial charge in [-0.1, -0.05) is 44.2 Å². The lowest BCUT2D eigenvalue weighted by Gasteiger charge is -2.37. The first-order chi connectivity index (χ1) is 13.3. The number of ether oxygens (including phenoxy) is 1. The Bertz CT molecular complexity index is 883. The highest BCUT2D eigenvalue weighted by Crippen LogP contribution is 2.36. The van der Waals surface area contributed by atoms with E-state index >= 15 is 0 Å². The lowest BCUT2D eigenvalue weighted by atomic mass is 9.77. The van der Waals surface area contributed by atoms with E-state index in [0.717, 1.165) is 17.5 Å². The zero-order valence-electron chi connectivity index (χ0n) is 17.4. The summed E-state index contributed by atoms with van der Waals surface area (Å²) in [4.78, 5) is 27.5. The van der Waals surface area contributed by atoms with Gasteiger partial charge in [-0.15, -0.1) is 0 Å². The number of carbonyl (C=O) groups is 2. The molecule has 1 heterocycles. The first kappa shape index (κ1) is 20.1. The lowest BCUT2D eigenvalue weighted by molar-refractivity contribution is -0.134. The highest BCUT2D eigenvalue weighted by molar-refractivity contribution is 6.13. The van der Waals surface area contributed by atoms with Crippen molar-refractivity contribution in [1.29, 1.82) is 0 Å². The second kappa shape index (κ2) is 7.78. The van der Waals surface area contributed by atoms with Gasteiger partial charge in [0.25, 0.3) is 5.91 Å². The molecule has 0 bridgehead atoms. The van der Waals surface area contributed by atoms with Crippen LogP contribution in [-0.4, -0.2) is 30.4 Å². The van der Waals surface area contributed by atoms with Crippen molar-refractivity contribution in [3.05, 3.63) is 64.7 Å². The molecule has 28 heavy (non-hydrogen) atoms. The fourth-order valence-electron chi connectivity index (χ4n) is 3.76. The van der Waals surface area contributed by atoms with Gasteiger partial charge in [-0.05, 0) is 61.4 Å². The molecule has 2 aromatic rings. The molecule has 0 aliphatic carbocycles. The van der Waals surface area contributed by atoms with Crippen molar-refractivity contribution >= 4 is 11.8 Å². The van der Waals surface area contributed by atoms with Gasteiger partial charge < -0.3 is 4.74 Å². The fraction of sp³-hybridized carbons (Fsp3) is 0.417. The van der Waals surface area contributed by atoms with Crippen LogP contribution in [0.4, 0.5) is 0 Å². The van der Waals surface area contributed by atoms with Crippen molar-refractivity contribution < 1.29 is 14.3 Å². The van der Waals surface area contributed by atoms with Gasteiger partial charge in [-0.3, -0.25) is 14.5 Å². The van der Waals surface area contributed by atoms with Gasteiger partial charge in [-0.2, -0.15) is 0 Å². The number of rotatable bonds is 6. The second-order valence-corrected chi connectivity index (χ2v) is 8.10. The highest BCUT2D eigenvalue weighted by Gasteiger charge is 2.44. The summed E-state index contributed by atoms with van der Waals surface area (Å²) in [6, 6.07) is 13.9. The molecule has 148 valence electrons. The predicted octanol–water partition coefficient (Wildman–Crippen LogP) is 4.71. The molecule has 1 aliphatic rings. The SMILES string of the molecule is CCC(C)c1ccc(CCN2C(=O)c3cc(OC)ccc3C(C)(C)C2=O)cc1. The number of nitrogens with zero attached hydrogens (tertiary/aromatic N) is 1. The van der Waals surface area contributed by atoms with Crippen LogP contribution in [0.15, 0.2) is 42.5 Å². The summed E-state index contributed by atoms with van der Waals surface area (Å²) in [6.45, 7) is 8.52. The molecule has 1 unspecified atom stereocenters. The molecule has 2 amide bonds. The molecule has 4 nitrogen and oxygen atoms in total. The summed E-state index contributed by atoms with van der Waals surface area (Å²) in [6.07, 6.45) is 1.75. The Morgan fingerprint density at radius 3 is 2.36 bits per heavy atom. The molecule has 0 spiro atoms. The van der Waals surface area contributed by atoms with Crippen molar-refractivity contribution in [2.75, 3.05) is 13.7 Å². The topological polar surface area (TPSA) is 46.6 Å². The molecule has 0 N–H and O–H groups in total. The standard InChI is InChI=1S/C24H29NO3/c1-6-16(2)18-9-7-17(8-10-18)13-14-25-22(26)20-15-19(28-5)11-12-21(20)24(3,4)23(25)27/h7-12,15-16H,6,13-14H2,1-5H3. The Labute approximate surface area is 167 Å². The number of imide groups is 1. The molecule has 1 aliphatic heterocycles. The van der Waals surface area contributed by atoms with Crippen LogP contribution in [-0.2, 0) is 16.6 Å². The number of hydrogen-bond acceptors (Lipinski definition) is 3. The van der Waals surface area contributed by atoms with Crippen LogP contribution < -0.4 is 4.74 Å². The van der Waals surface area contributed by atoms with Crippen LogP contribution in [0.5, 0.6) is 5.75 Å². The summed E-state index contributed by atoms with van der Waals surface area (Å²) in [5.74, 6) is 0.769. The maximum Gasteiger partial charge on any atom is 0.260 e. The molecule has 0 fully saturated rings. The molecule has 2 aromatic carbocycles. The number of fused-ring (bicyclic) bond motifs is 1. The minimum atomic E-state index is -0.740. The zero-order valence-corrected chi connectivity index (χ0v) is 17.4. The van der Waals surface area contributed by atoms with Gasteiger partial charge in [-0.25, -0.2) is 0 Å². The molecule has 0 saturated carbocycles. The van der Waals surface area contributed by atoms with E-state index in [2.05, 4.69) is 38.1 Å². The number of methoxy groups -OCH3 is 1. The second-order valence-electron chi connectivity index (χ2n) is 8.10. The van der Waals surface area contributed by atoms with Crippen molar-refractivity contribution in [1.82, 2.24) is 4.90 Å². The van der Waals surface area contributed by atoms with Crippen LogP contribution in [0.25, 0.3) is 0 Å². The minimum Gasteiger partial charge on any atom is -0.497 e. The number of hydrogen-bond donors (Lipinski definition) is 0. The van der Waals surface area contributed by atoms with Gasteiger partial charge in [0.15, 0.2) is 0 Å². The van der Waals surface area contributed by atoms with Crippen molar-refractivity contribution in [2.45, 2.75) is 51.9 Å². The Hall–Kier alpha value is -2.62. The Morgan fingerprint density at radius 1 is 1.07 bits per heavy atom. The minimum absolute atomic E-state index is 0.147. The monoisotopic (exact) mass is 379 g/mol. The highest BCUT2D eigenvalue weighted by atomic mass is 16.5. The van der Waals surface area contributed by atoms with Crippen molar-refractivity contribution in [2.24, 2.45) is 0 Å². The molecular formula is C24H29NO3. The van der Waals surface area contributed by atoms with E-state index in [1.807, 2.05) is 19.9 Å². The van der Waals surface area contributed by atoms with Gasteiger partial charge in [0.1, 0.15) is 5.75 Å². The van der Waals surface area contributed by atoms with E-state index in [-0.39, 0.29) is 11.8 Å². The van der Waals surface area contributed by atoms with Crippen molar-refractivity contribution in [3.8, 4) is 5.75 Å². The first-order valence-electron chi connectivity index (χ1n) is 9.93. The van der Waals surface area contributed by atoms with E-state index in [0.29, 0.717) is 30.2 Å². The number of amides is 2. The first-order valence-corrected chi connectivity index (χ1v) is 9.93. The maximum absolute atomic E-state index is 13.1. The summed E-state index contributed by atoms with van der Waals surface area (Å²) >= 11 is 0. The molecule has 0 saturated heterocycles. The van der Waals surface area contributed by atoms with Crippen LogP contribution in [0.3, 0.4) is 0 Å². The summed E-state index contributed by atoms with van der Waals surface area (Å²) in [7, 11) is 1.58. The number of benzene rings is 2. The van der Waals surface area contributed by atoms with E-state index in [1.54, 1.807) is 19.2 Å². The van der Waals surface area contributed by atoms with E-state index in [9.17, 15) is 9.59 Å². The summed E-state index contributed by atoms with van der Waals surface area (Å²) in [5, 5.41) is 0. The average molecular weight is 380 g/mol. The normalized spacial score (nSPS) is 16.7. The van der Waals surface area contributed by atoms with Crippen molar-refractivity contribution in [3.63, 3.8) is 0 Å². The molecule has 4 heteroatoms. The third-order valence-corrected chi connectivity index (χ3v) is 5.94. The summed E-state index contributed by atoms with van der Waals surface area (Å²) < 4.78 is 5.27. The van der Waals surface area contributed by atoms with Crippen LogP contribution in [0, 0.1) is 0 Å². The van der Waals surface area contributed by atoms with Crippen LogP contribution in [0.2, 0.25) is 0 Å². The van der Waals surface area contributed by atoms with Gasteiger partial charge in [0, 0.05) is 12.1 Å². The zero-order chi connectivity index (χ0) is 20.5. The van der Waals surface area contributed by atoms with E-state index in [1.165, 1.54) is 10.5 Å². The van der Waals surface area contributed by atoms with Gasteiger partial charge in [0.2, 0.25) is 5.91 Å². The predicted molar refractivity (Wildman–Crippen MR) is 111 cm³/mol. The fourth-order valence-corrected chi connectivity index (χ4v) is 3.76. The Morgan fingerprint density at radius 2 is 1.75 bits per heavy atom. The quantitative estimate of drug-likeness (QED) is 0.683. The van der Waals surface area contributed by atoms with Crippen LogP contribution >= 0.6 is 0 Å². The van der Waals surface area contributed by atoms with E-state index < -0.39 is 5.41 Å². The van der Waals surface area contributed by atoms with Gasteiger partial charge in [0.05, 0.1) is 12.5 Å². The molecule has 3 rings (SSSR count). The summed E-state index contributed by atoms with van der Waals surface area (Å²) in [5.41, 5.74) is 3.02. The third kappa shape index (κ3) is 3.56.